The number of thioether (sulfide) groups is 1. The summed E-state index contributed by atoms with van der Waals surface area (Å²) in [7, 11) is 1.64. The normalized spacial score (nSPS) is 20.0. The van der Waals surface area contributed by atoms with Crippen LogP contribution in [0.25, 0.3) is 0 Å². The SMILES string of the molecule is CN=C1NN(C(=O)c2ccccc2F)C(C)(C)S1. The van der Waals surface area contributed by atoms with Crippen LogP contribution >= 0.6 is 11.8 Å². The van der Waals surface area contributed by atoms with Crippen molar-refractivity contribution in [2.24, 2.45) is 4.99 Å². The summed E-state index contributed by atoms with van der Waals surface area (Å²) in [5, 5.41) is 2.04. The molecule has 0 unspecified atom stereocenters. The average molecular weight is 267 g/mol. The Bertz CT molecular complexity index is 516. The number of aliphatic imine (C=N–C) groups is 1. The van der Waals surface area contributed by atoms with Crippen LogP contribution in [-0.2, 0) is 0 Å². The smallest absolute Gasteiger partial charge is 0.272 e. The predicted molar refractivity (Wildman–Crippen MR) is 70.7 cm³/mol. The zero-order valence-electron chi connectivity index (χ0n) is 10.4. The van der Waals surface area contributed by atoms with Gasteiger partial charge in [0.05, 0.1) is 5.56 Å². The molecular formula is C12H14FN3OS. The minimum atomic E-state index is -0.521. The Morgan fingerprint density at radius 1 is 1.44 bits per heavy atom. The Morgan fingerprint density at radius 2 is 2.11 bits per heavy atom. The Labute approximate surface area is 109 Å². The lowest BCUT2D eigenvalue weighted by atomic mass is 10.2. The number of hydrogen-bond donors (Lipinski definition) is 1. The van der Waals surface area contributed by atoms with Gasteiger partial charge in [-0.15, -0.1) is 0 Å². The van der Waals surface area contributed by atoms with E-state index in [-0.39, 0.29) is 5.56 Å². The molecule has 96 valence electrons. The van der Waals surface area contributed by atoms with Crippen molar-refractivity contribution in [1.82, 2.24) is 10.4 Å². The van der Waals surface area contributed by atoms with E-state index in [2.05, 4.69) is 10.4 Å². The third kappa shape index (κ3) is 2.20. The number of benzene rings is 1. The number of carbonyl (C=O) groups excluding carboxylic acids is 1. The average Bonchev–Trinajstić information content (AvgIpc) is 2.64. The Morgan fingerprint density at radius 3 is 2.67 bits per heavy atom. The molecule has 1 saturated heterocycles. The maximum absolute atomic E-state index is 13.6. The molecule has 0 radical (unpaired) electrons. The Kier molecular flexibility index (Phi) is 3.30. The number of halogens is 1. The van der Waals surface area contributed by atoms with Gasteiger partial charge in [-0.25, -0.2) is 9.40 Å². The van der Waals surface area contributed by atoms with Crippen LogP contribution in [0.5, 0.6) is 0 Å². The van der Waals surface area contributed by atoms with Crippen LogP contribution in [0.15, 0.2) is 29.3 Å². The van der Waals surface area contributed by atoms with E-state index in [1.807, 2.05) is 13.8 Å². The van der Waals surface area contributed by atoms with Crippen molar-refractivity contribution in [2.45, 2.75) is 18.7 Å². The molecule has 2 rings (SSSR count). The highest BCUT2D eigenvalue weighted by atomic mass is 32.2. The highest BCUT2D eigenvalue weighted by Crippen LogP contribution is 2.34. The van der Waals surface area contributed by atoms with Gasteiger partial charge < -0.3 is 0 Å². The molecule has 1 amide bonds. The second-order valence-corrected chi connectivity index (χ2v) is 5.90. The second-order valence-electron chi connectivity index (χ2n) is 4.31. The number of nitrogens with one attached hydrogen (secondary N) is 1. The summed E-state index contributed by atoms with van der Waals surface area (Å²) in [4.78, 5) is 15.8. The Hall–Kier alpha value is -1.56. The van der Waals surface area contributed by atoms with E-state index in [4.69, 9.17) is 0 Å². The predicted octanol–water partition coefficient (Wildman–Crippen LogP) is 2.24. The molecule has 1 aliphatic rings. The number of amidine groups is 1. The van der Waals surface area contributed by atoms with E-state index in [0.29, 0.717) is 5.17 Å². The van der Waals surface area contributed by atoms with Gasteiger partial charge >= 0.3 is 0 Å². The molecule has 0 atom stereocenters. The molecule has 0 bridgehead atoms. The molecule has 1 aliphatic heterocycles. The van der Waals surface area contributed by atoms with Crippen LogP contribution < -0.4 is 5.43 Å². The van der Waals surface area contributed by atoms with Gasteiger partial charge in [-0.1, -0.05) is 23.9 Å². The lowest BCUT2D eigenvalue weighted by Gasteiger charge is -2.28. The number of rotatable bonds is 1. The van der Waals surface area contributed by atoms with Crippen LogP contribution in [-0.4, -0.2) is 28.0 Å². The summed E-state index contributed by atoms with van der Waals surface area (Å²) in [6.45, 7) is 3.75. The van der Waals surface area contributed by atoms with Crippen molar-refractivity contribution in [3.05, 3.63) is 35.6 Å². The van der Waals surface area contributed by atoms with E-state index in [9.17, 15) is 9.18 Å². The maximum Gasteiger partial charge on any atom is 0.276 e. The molecule has 1 N–H and O–H groups in total. The molecule has 0 spiro atoms. The maximum atomic E-state index is 13.6. The second kappa shape index (κ2) is 4.61. The van der Waals surface area contributed by atoms with Gasteiger partial charge in [0.1, 0.15) is 10.7 Å². The summed E-state index contributed by atoms with van der Waals surface area (Å²) >= 11 is 1.43. The summed E-state index contributed by atoms with van der Waals surface area (Å²) in [5.41, 5.74) is 2.94. The number of hydrazine groups is 1. The van der Waals surface area contributed by atoms with Gasteiger partial charge in [0.15, 0.2) is 5.17 Å². The van der Waals surface area contributed by atoms with Gasteiger partial charge in [0.2, 0.25) is 0 Å². The Balaban J connectivity index is 2.33. The lowest BCUT2D eigenvalue weighted by Crippen LogP contribution is -2.48. The van der Waals surface area contributed by atoms with E-state index in [0.717, 1.165) is 0 Å². The van der Waals surface area contributed by atoms with E-state index in [1.54, 1.807) is 19.2 Å². The standard InChI is InChI=1S/C12H14FN3OS/c1-12(2)16(15-11(14-3)18-12)10(17)8-6-4-5-7-9(8)13/h4-7H,1-3H3,(H,14,15). The van der Waals surface area contributed by atoms with Gasteiger partial charge in [-0.3, -0.25) is 15.2 Å². The fourth-order valence-electron chi connectivity index (χ4n) is 1.68. The summed E-state index contributed by atoms with van der Waals surface area (Å²) < 4.78 is 13.6. The zero-order chi connectivity index (χ0) is 13.3. The topological polar surface area (TPSA) is 44.7 Å². The molecule has 4 nitrogen and oxygen atoms in total. The molecule has 1 fully saturated rings. The molecule has 0 aliphatic carbocycles. The first kappa shape index (κ1) is 12.9. The number of amides is 1. The van der Waals surface area contributed by atoms with Gasteiger partial charge in [0.25, 0.3) is 5.91 Å². The van der Waals surface area contributed by atoms with Crippen molar-refractivity contribution in [3.63, 3.8) is 0 Å². The quantitative estimate of drug-likeness (QED) is 0.848. The lowest BCUT2D eigenvalue weighted by molar-refractivity contribution is 0.0626. The van der Waals surface area contributed by atoms with Gasteiger partial charge in [-0.05, 0) is 26.0 Å². The highest BCUT2D eigenvalue weighted by Gasteiger charge is 2.41. The highest BCUT2D eigenvalue weighted by molar-refractivity contribution is 8.15. The molecule has 1 aromatic rings. The van der Waals surface area contributed by atoms with Crippen molar-refractivity contribution < 1.29 is 9.18 Å². The summed E-state index contributed by atoms with van der Waals surface area (Å²) in [6.07, 6.45) is 0. The van der Waals surface area contributed by atoms with Crippen LogP contribution in [0.1, 0.15) is 24.2 Å². The molecule has 18 heavy (non-hydrogen) atoms. The van der Waals surface area contributed by atoms with Crippen molar-refractivity contribution in [1.29, 1.82) is 0 Å². The number of hydrogen-bond acceptors (Lipinski definition) is 3. The molecule has 1 aromatic carbocycles. The minimum Gasteiger partial charge on any atom is -0.272 e. The van der Waals surface area contributed by atoms with Crippen LogP contribution in [0.3, 0.4) is 0 Å². The first-order valence-corrected chi connectivity index (χ1v) is 6.29. The number of carbonyl (C=O) groups is 1. The van der Waals surface area contributed by atoms with Crippen molar-refractivity contribution in [2.75, 3.05) is 7.05 Å². The van der Waals surface area contributed by atoms with Crippen molar-refractivity contribution >= 4 is 22.8 Å². The third-order valence-corrected chi connectivity index (χ3v) is 3.75. The molecule has 0 saturated carbocycles. The molecule has 1 heterocycles. The zero-order valence-corrected chi connectivity index (χ0v) is 11.2. The van der Waals surface area contributed by atoms with Gasteiger partial charge in [-0.2, -0.15) is 0 Å². The number of nitrogens with zero attached hydrogens (tertiary/aromatic N) is 2. The third-order valence-electron chi connectivity index (χ3n) is 2.60. The molecular weight excluding hydrogens is 253 g/mol. The fourth-order valence-corrected chi connectivity index (χ4v) is 2.60. The van der Waals surface area contributed by atoms with Crippen LogP contribution in [0, 0.1) is 5.82 Å². The summed E-state index contributed by atoms with van der Waals surface area (Å²) in [6, 6.07) is 5.95. The monoisotopic (exact) mass is 267 g/mol. The first-order chi connectivity index (χ1) is 8.45. The largest absolute Gasteiger partial charge is 0.276 e. The summed E-state index contributed by atoms with van der Waals surface area (Å²) in [5.74, 6) is -0.920. The van der Waals surface area contributed by atoms with E-state index >= 15 is 0 Å². The molecule has 6 heteroatoms. The molecule has 0 aromatic heterocycles. The van der Waals surface area contributed by atoms with E-state index < -0.39 is 16.6 Å². The van der Waals surface area contributed by atoms with Crippen LogP contribution in [0.2, 0.25) is 0 Å². The van der Waals surface area contributed by atoms with E-state index in [1.165, 1.54) is 28.9 Å². The minimum absolute atomic E-state index is 0.0519. The van der Waals surface area contributed by atoms with Gasteiger partial charge in [0, 0.05) is 7.05 Å². The van der Waals surface area contributed by atoms with Crippen molar-refractivity contribution in [3.8, 4) is 0 Å². The first-order valence-electron chi connectivity index (χ1n) is 5.47. The van der Waals surface area contributed by atoms with Crippen LogP contribution in [0.4, 0.5) is 4.39 Å². The fraction of sp³-hybridized carbons (Fsp3) is 0.333.